The maximum atomic E-state index is 12.6. The number of carbonyl (C=O) groups excluding carboxylic acids is 2. The van der Waals surface area contributed by atoms with Crippen molar-refractivity contribution in [2.75, 3.05) is 13.1 Å². The Morgan fingerprint density at radius 1 is 0.862 bits per heavy atom. The molecule has 10 heteroatoms. The molecule has 1 aromatic rings. The van der Waals surface area contributed by atoms with E-state index in [1.54, 1.807) is 27.7 Å². The van der Waals surface area contributed by atoms with Gasteiger partial charge in [0.15, 0.2) is 9.88 Å². The van der Waals surface area contributed by atoms with Crippen molar-refractivity contribution in [2.45, 2.75) is 40.8 Å². The standard InChI is InChI=1S/C19H24N4O4S2/c1-5-20-14(24)12(15(25)21(6-2)18(20)28)10-9-11-13-16(26)22(7-3)19(29)23(8-4)17(13)27/h9-11,24H,5-8H2,1-4H3. The average molecular weight is 437 g/mol. The number of allylic oxidation sites excluding steroid dienone is 2. The van der Waals surface area contributed by atoms with Crippen molar-refractivity contribution >= 4 is 47.4 Å². The van der Waals surface area contributed by atoms with Gasteiger partial charge in [0.1, 0.15) is 11.1 Å². The quantitative estimate of drug-likeness (QED) is 0.417. The smallest absolute Gasteiger partial charge is 0.265 e. The molecule has 156 valence electrons. The lowest BCUT2D eigenvalue weighted by Crippen LogP contribution is -2.55. The highest BCUT2D eigenvalue weighted by atomic mass is 32.1. The third-order valence-corrected chi connectivity index (χ3v) is 5.52. The van der Waals surface area contributed by atoms with Crippen molar-refractivity contribution in [1.82, 2.24) is 18.9 Å². The third-order valence-electron chi connectivity index (χ3n) is 4.64. The molecule has 0 atom stereocenters. The van der Waals surface area contributed by atoms with Crippen LogP contribution < -0.4 is 5.56 Å². The lowest BCUT2D eigenvalue weighted by atomic mass is 10.1. The van der Waals surface area contributed by atoms with Gasteiger partial charge in [0.25, 0.3) is 17.4 Å². The van der Waals surface area contributed by atoms with Gasteiger partial charge < -0.3 is 5.11 Å². The van der Waals surface area contributed by atoms with E-state index in [1.165, 1.54) is 37.2 Å². The fourth-order valence-corrected chi connectivity index (χ4v) is 3.91. The minimum Gasteiger partial charge on any atom is -0.494 e. The van der Waals surface area contributed by atoms with Crippen molar-refractivity contribution < 1.29 is 14.7 Å². The number of rotatable bonds is 6. The van der Waals surface area contributed by atoms with E-state index in [2.05, 4.69) is 0 Å². The zero-order chi connectivity index (χ0) is 21.9. The van der Waals surface area contributed by atoms with Gasteiger partial charge in [-0.05, 0) is 64.3 Å². The molecule has 2 amide bonds. The summed E-state index contributed by atoms with van der Waals surface area (Å²) < 4.78 is 3.05. The second-order valence-corrected chi connectivity index (χ2v) is 6.86. The molecule has 0 spiro atoms. The van der Waals surface area contributed by atoms with Gasteiger partial charge in [-0.3, -0.25) is 33.3 Å². The first-order chi connectivity index (χ1) is 13.7. The fraction of sp³-hybridized carbons (Fsp3) is 0.421. The van der Waals surface area contributed by atoms with E-state index in [1.807, 2.05) is 0 Å². The lowest BCUT2D eigenvalue weighted by Gasteiger charge is -2.35. The van der Waals surface area contributed by atoms with Crippen LogP contribution in [0, 0.1) is 4.77 Å². The number of aromatic nitrogens is 2. The summed E-state index contributed by atoms with van der Waals surface area (Å²) in [4.78, 5) is 40.6. The molecule has 0 saturated carbocycles. The highest BCUT2D eigenvalue weighted by Gasteiger charge is 2.37. The highest BCUT2D eigenvalue weighted by molar-refractivity contribution is 7.80. The Balaban J connectivity index is 2.54. The number of thiocarbonyl (C=S) groups is 1. The van der Waals surface area contributed by atoms with Crippen molar-refractivity contribution in [1.29, 1.82) is 0 Å². The predicted molar refractivity (Wildman–Crippen MR) is 117 cm³/mol. The normalized spacial score (nSPS) is 15.0. The van der Waals surface area contributed by atoms with Crippen LogP contribution in [-0.4, -0.2) is 54.1 Å². The molecule has 0 aliphatic carbocycles. The monoisotopic (exact) mass is 436 g/mol. The van der Waals surface area contributed by atoms with Crippen LogP contribution in [0.4, 0.5) is 0 Å². The van der Waals surface area contributed by atoms with Crippen LogP contribution >= 0.6 is 24.4 Å². The molecular weight excluding hydrogens is 412 g/mol. The molecule has 1 aliphatic rings. The van der Waals surface area contributed by atoms with Gasteiger partial charge in [0.2, 0.25) is 5.88 Å². The summed E-state index contributed by atoms with van der Waals surface area (Å²) in [6, 6.07) is 0. The molecule has 1 N–H and O–H groups in total. The Labute approximate surface area is 179 Å². The molecule has 1 aliphatic heterocycles. The molecule has 2 rings (SSSR count). The Hall–Kier alpha value is -2.59. The largest absolute Gasteiger partial charge is 0.494 e. The van der Waals surface area contributed by atoms with Gasteiger partial charge in [-0.15, -0.1) is 0 Å². The first kappa shape index (κ1) is 22.7. The number of aromatic hydroxyl groups is 1. The van der Waals surface area contributed by atoms with E-state index in [9.17, 15) is 19.5 Å². The van der Waals surface area contributed by atoms with Crippen LogP contribution in [0.2, 0.25) is 0 Å². The number of hydrogen-bond donors (Lipinski definition) is 1. The molecule has 0 radical (unpaired) electrons. The van der Waals surface area contributed by atoms with Gasteiger partial charge >= 0.3 is 0 Å². The molecule has 29 heavy (non-hydrogen) atoms. The van der Waals surface area contributed by atoms with Gasteiger partial charge in [-0.25, -0.2) is 0 Å². The SMILES string of the molecule is CCN1C(=O)C(=CC=Cc2c(O)n(CC)c(=S)n(CC)c2=O)C(=O)N(CC)C1=S. The molecule has 0 aromatic carbocycles. The van der Waals surface area contributed by atoms with Crippen molar-refractivity contribution in [2.24, 2.45) is 0 Å². The Bertz CT molecular complexity index is 1010. The second kappa shape index (κ2) is 9.27. The van der Waals surface area contributed by atoms with Crippen LogP contribution in [0.25, 0.3) is 6.08 Å². The first-order valence-corrected chi connectivity index (χ1v) is 10.2. The van der Waals surface area contributed by atoms with E-state index in [0.717, 1.165) is 0 Å². The van der Waals surface area contributed by atoms with Gasteiger partial charge in [0.05, 0.1) is 0 Å². The summed E-state index contributed by atoms with van der Waals surface area (Å²) in [7, 11) is 0. The topological polar surface area (TPSA) is 87.8 Å². The number of likely N-dealkylation sites (N-methyl/N-ethyl adjacent to an activating group) is 2. The summed E-state index contributed by atoms with van der Waals surface area (Å²) in [6.07, 6.45) is 4.11. The Morgan fingerprint density at radius 2 is 1.38 bits per heavy atom. The van der Waals surface area contributed by atoms with Crippen LogP contribution in [0.5, 0.6) is 5.88 Å². The second-order valence-electron chi connectivity index (χ2n) is 6.13. The third kappa shape index (κ3) is 3.95. The van der Waals surface area contributed by atoms with Gasteiger partial charge in [0, 0.05) is 26.2 Å². The van der Waals surface area contributed by atoms with Crippen molar-refractivity contribution in [3.05, 3.63) is 38.4 Å². The van der Waals surface area contributed by atoms with Gasteiger partial charge in [-0.2, -0.15) is 0 Å². The van der Waals surface area contributed by atoms with Crippen LogP contribution in [0.1, 0.15) is 33.3 Å². The Morgan fingerprint density at radius 3 is 1.83 bits per heavy atom. The molecule has 0 unspecified atom stereocenters. The summed E-state index contributed by atoms with van der Waals surface area (Å²) in [5.74, 6) is -1.23. The fourth-order valence-electron chi connectivity index (χ4n) is 3.06. The first-order valence-electron chi connectivity index (χ1n) is 9.37. The minimum absolute atomic E-state index is 0.0325. The van der Waals surface area contributed by atoms with E-state index < -0.39 is 17.4 Å². The molecule has 1 fully saturated rings. The van der Waals surface area contributed by atoms with Gasteiger partial charge in [-0.1, -0.05) is 6.08 Å². The molecule has 1 saturated heterocycles. The number of amides is 2. The highest BCUT2D eigenvalue weighted by Crippen LogP contribution is 2.19. The maximum Gasteiger partial charge on any atom is 0.265 e. The molecule has 1 aromatic heterocycles. The van der Waals surface area contributed by atoms with E-state index >= 15 is 0 Å². The molecule has 0 bridgehead atoms. The maximum absolute atomic E-state index is 12.6. The minimum atomic E-state index is -0.489. The summed E-state index contributed by atoms with van der Waals surface area (Å²) in [6.45, 7) is 8.53. The zero-order valence-electron chi connectivity index (χ0n) is 16.8. The number of hydrogen-bond acceptors (Lipinski definition) is 6. The van der Waals surface area contributed by atoms with E-state index in [-0.39, 0.29) is 26.9 Å². The number of nitrogens with zero attached hydrogens (tertiary/aromatic N) is 4. The van der Waals surface area contributed by atoms with E-state index in [0.29, 0.717) is 26.2 Å². The summed E-state index contributed by atoms with van der Waals surface area (Å²) in [5.41, 5.74) is -0.468. The van der Waals surface area contributed by atoms with Crippen LogP contribution in [0.15, 0.2) is 22.5 Å². The van der Waals surface area contributed by atoms with Crippen LogP contribution in [0.3, 0.4) is 0 Å². The zero-order valence-corrected chi connectivity index (χ0v) is 18.5. The Kier molecular flexibility index (Phi) is 7.26. The van der Waals surface area contributed by atoms with Crippen molar-refractivity contribution in [3.8, 4) is 5.88 Å². The molecular formula is C19H24N4O4S2. The molecule has 8 nitrogen and oxygen atoms in total. The van der Waals surface area contributed by atoms with Crippen molar-refractivity contribution in [3.63, 3.8) is 0 Å². The predicted octanol–water partition coefficient (Wildman–Crippen LogP) is 2.06. The summed E-state index contributed by atoms with van der Waals surface area (Å²) in [5, 5.41) is 10.6. The van der Waals surface area contributed by atoms with E-state index in [4.69, 9.17) is 24.4 Å². The summed E-state index contributed by atoms with van der Waals surface area (Å²) >= 11 is 10.5. The lowest BCUT2D eigenvalue weighted by molar-refractivity contribution is -0.133. The molecule has 2 heterocycles. The van der Waals surface area contributed by atoms with Crippen LogP contribution in [-0.2, 0) is 22.7 Å². The average Bonchev–Trinajstić information content (AvgIpc) is 2.68. The number of carbonyl (C=O) groups is 2.